The quantitative estimate of drug-likeness (QED) is 0.753. The number of ether oxygens (including phenoxy) is 1. The highest BCUT2D eigenvalue weighted by Crippen LogP contribution is 2.34. The largest absolute Gasteiger partial charge is 0.455 e. The van der Waals surface area contributed by atoms with E-state index in [1.165, 1.54) is 12.8 Å². The van der Waals surface area contributed by atoms with Gasteiger partial charge in [-0.15, -0.1) is 0 Å². The summed E-state index contributed by atoms with van der Waals surface area (Å²) in [5, 5.41) is 5.25. The van der Waals surface area contributed by atoms with Crippen LogP contribution in [-0.2, 0) is 6.54 Å². The van der Waals surface area contributed by atoms with Crippen LogP contribution in [-0.4, -0.2) is 6.04 Å². The van der Waals surface area contributed by atoms with Crippen LogP contribution in [0.25, 0.3) is 0 Å². The van der Waals surface area contributed by atoms with Crippen molar-refractivity contribution in [2.75, 3.05) is 0 Å². The Bertz CT molecular complexity index is 656. The van der Waals surface area contributed by atoms with Crippen LogP contribution in [0, 0.1) is 0 Å². The van der Waals surface area contributed by atoms with Crippen molar-refractivity contribution in [2.24, 2.45) is 0 Å². The number of halogens is 3. The topological polar surface area (TPSA) is 21.3 Å². The Labute approximate surface area is 139 Å². The molecule has 0 aliphatic heterocycles. The Morgan fingerprint density at radius 3 is 2.43 bits per heavy atom. The second-order valence-electron chi connectivity index (χ2n) is 5.08. The van der Waals surface area contributed by atoms with Gasteiger partial charge < -0.3 is 10.1 Å². The summed E-state index contributed by atoms with van der Waals surface area (Å²) in [5.41, 5.74) is 1.01. The fraction of sp³-hybridized carbons (Fsp3) is 0.250. The highest BCUT2D eigenvalue weighted by molar-refractivity contribution is 6.34. The molecule has 0 radical (unpaired) electrons. The minimum Gasteiger partial charge on any atom is -0.455 e. The molecule has 5 heteroatoms. The summed E-state index contributed by atoms with van der Waals surface area (Å²) in [6.45, 7) is 0.721. The van der Waals surface area contributed by atoms with E-state index in [-0.39, 0.29) is 0 Å². The molecule has 0 saturated heterocycles. The van der Waals surface area contributed by atoms with Crippen LogP contribution >= 0.6 is 34.8 Å². The van der Waals surface area contributed by atoms with Gasteiger partial charge in [0.2, 0.25) is 0 Å². The van der Waals surface area contributed by atoms with E-state index >= 15 is 0 Å². The van der Waals surface area contributed by atoms with Crippen LogP contribution in [0.1, 0.15) is 18.4 Å². The van der Waals surface area contributed by atoms with Crippen LogP contribution in [0.2, 0.25) is 15.1 Å². The van der Waals surface area contributed by atoms with Gasteiger partial charge in [0.1, 0.15) is 11.5 Å². The zero-order valence-electron chi connectivity index (χ0n) is 11.2. The van der Waals surface area contributed by atoms with Crippen molar-refractivity contribution < 1.29 is 4.74 Å². The fourth-order valence-corrected chi connectivity index (χ4v) is 2.51. The summed E-state index contributed by atoms with van der Waals surface area (Å²) in [6.07, 6.45) is 2.47. The van der Waals surface area contributed by atoms with Crippen molar-refractivity contribution in [3.63, 3.8) is 0 Å². The van der Waals surface area contributed by atoms with Crippen molar-refractivity contribution in [1.82, 2.24) is 5.32 Å². The molecule has 1 saturated carbocycles. The van der Waals surface area contributed by atoms with E-state index in [2.05, 4.69) is 5.32 Å². The molecule has 0 amide bonds. The van der Waals surface area contributed by atoms with Crippen LogP contribution in [0.3, 0.4) is 0 Å². The molecule has 2 aromatic rings. The van der Waals surface area contributed by atoms with E-state index in [1.54, 1.807) is 24.3 Å². The zero-order valence-corrected chi connectivity index (χ0v) is 13.5. The minimum absolute atomic E-state index is 0.524. The van der Waals surface area contributed by atoms with E-state index in [9.17, 15) is 0 Å². The number of nitrogens with one attached hydrogen (secondary N) is 1. The molecule has 1 fully saturated rings. The summed E-state index contributed by atoms with van der Waals surface area (Å²) in [6, 6.07) is 11.3. The van der Waals surface area contributed by atoms with Gasteiger partial charge in [-0.25, -0.2) is 0 Å². The molecule has 21 heavy (non-hydrogen) atoms. The first-order valence-corrected chi connectivity index (χ1v) is 7.90. The average Bonchev–Trinajstić information content (AvgIpc) is 3.27. The van der Waals surface area contributed by atoms with Gasteiger partial charge in [0.15, 0.2) is 0 Å². The molecule has 0 atom stereocenters. The lowest BCUT2D eigenvalue weighted by atomic mass is 10.2. The predicted octanol–water partition coefficient (Wildman–Crippen LogP) is 5.69. The molecule has 0 unspecified atom stereocenters. The molecule has 0 heterocycles. The predicted molar refractivity (Wildman–Crippen MR) is 87.8 cm³/mol. The van der Waals surface area contributed by atoms with Gasteiger partial charge in [-0.05, 0) is 43.2 Å². The second kappa shape index (κ2) is 6.45. The third kappa shape index (κ3) is 4.04. The van der Waals surface area contributed by atoms with E-state index in [4.69, 9.17) is 39.5 Å². The van der Waals surface area contributed by atoms with Gasteiger partial charge in [0.25, 0.3) is 0 Å². The molecule has 1 aliphatic rings. The van der Waals surface area contributed by atoms with Crippen LogP contribution < -0.4 is 10.1 Å². The lowest BCUT2D eigenvalue weighted by Crippen LogP contribution is -2.15. The highest BCUT2D eigenvalue weighted by Gasteiger charge is 2.21. The smallest absolute Gasteiger partial charge is 0.147 e. The minimum atomic E-state index is 0.524. The van der Waals surface area contributed by atoms with Crippen molar-refractivity contribution in [2.45, 2.75) is 25.4 Å². The molecule has 2 aromatic carbocycles. The Hall–Kier alpha value is -0.930. The van der Waals surface area contributed by atoms with Gasteiger partial charge in [-0.3, -0.25) is 0 Å². The molecule has 0 aromatic heterocycles. The summed E-state index contributed by atoms with van der Waals surface area (Å²) >= 11 is 18.2. The van der Waals surface area contributed by atoms with Gasteiger partial charge >= 0.3 is 0 Å². The Morgan fingerprint density at radius 1 is 0.952 bits per heavy atom. The molecule has 2 nitrogen and oxygen atoms in total. The Morgan fingerprint density at radius 2 is 1.67 bits per heavy atom. The number of hydrogen-bond acceptors (Lipinski definition) is 2. The molecule has 110 valence electrons. The average molecular weight is 343 g/mol. The third-order valence-electron chi connectivity index (χ3n) is 3.29. The summed E-state index contributed by atoms with van der Waals surface area (Å²) in [7, 11) is 0. The molecular formula is C16H14Cl3NO. The maximum absolute atomic E-state index is 6.14. The van der Waals surface area contributed by atoms with E-state index in [0.717, 1.165) is 17.9 Å². The second-order valence-corrected chi connectivity index (χ2v) is 6.36. The molecule has 0 bridgehead atoms. The number of hydrogen-bond donors (Lipinski definition) is 1. The lowest BCUT2D eigenvalue weighted by Gasteiger charge is -2.13. The SMILES string of the molecule is Clc1ccc(Oc2cc(Cl)ccc2Cl)c(CNC2CC2)c1. The Kier molecular flexibility index (Phi) is 4.60. The van der Waals surface area contributed by atoms with Gasteiger partial charge in [0, 0.05) is 34.3 Å². The monoisotopic (exact) mass is 341 g/mol. The highest BCUT2D eigenvalue weighted by atomic mass is 35.5. The summed E-state index contributed by atoms with van der Waals surface area (Å²) in [4.78, 5) is 0. The standard InChI is InChI=1S/C16H14Cl3NO/c17-11-2-6-15(10(7-11)9-20-13-3-4-13)21-16-8-12(18)1-5-14(16)19/h1-2,5-8,13,20H,3-4,9H2. The van der Waals surface area contributed by atoms with E-state index in [0.29, 0.717) is 26.9 Å². The van der Waals surface area contributed by atoms with Crippen molar-refractivity contribution in [3.05, 3.63) is 57.0 Å². The van der Waals surface area contributed by atoms with Gasteiger partial charge in [-0.1, -0.05) is 34.8 Å². The zero-order chi connectivity index (χ0) is 14.8. The van der Waals surface area contributed by atoms with E-state index in [1.807, 2.05) is 12.1 Å². The van der Waals surface area contributed by atoms with Crippen LogP contribution in [0.4, 0.5) is 0 Å². The number of rotatable bonds is 5. The molecule has 3 rings (SSSR count). The maximum Gasteiger partial charge on any atom is 0.147 e. The molecular weight excluding hydrogens is 329 g/mol. The molecule has 1 aliphatic carbocycles. The van der Waals surface area contributed by atoms with Gasteiger partial charge in [0.05, 0.1) is 5.02 Å². The normalized spacial score (nSPS) is 14.2. The maximum atomic E-state index is 6.14. The first-order chi connectivity index (χ1) is 10.1. The van der Waals surface area contributed by atoms with Crippen LogP contribution in [0.5, 0.6) is 11.5 Å². The summed E-state index contributed by atoms with van der Waals surface area (Å²) in [5.74, 6) is 1.27. The Balaban J connectivity index is 1.84. The molecule has 1 N–H and O–H groups in total. The molecule has 0 spiro atoms. The van der Waals surface area contributed by atoms with E-state index < -0.39 is 0 Å². The van der Waals surface area contributed by atoms with Crippen molar-refractivity contribution in [1.29, 1.82) is 0 Å². The lowest BCUT2D eigenvalue weighted by molar-refractivity contribution is 0.473. The summed E-state index contributed by atoms with van der Waals surface area (Å²) < 4.78 is 5.91. The number of benzene rings is 2. The van der Waals surface area contributed by atoms with Crippen molar-refractivity contribution in [3.8, 4) is 11.5 Å². The van der Waals surface area contributed by atoms with Crippen molar-refractivity contribution >= 4 is 34.8 Å². The fourth-order valence-electron chi connectivity index (χ4n) is 2.00. The first kappa shape index (κ1) is 15.0. The van der Waals surface area contributed by atoms with Crippen LogP contribution in [0.15, 0.2) is 36.4 Å². The third-order valence-corrected chi connectivity index (χ3v) is 4.08. The first-order valence-electron chi connectivity index (χ1n) is 6.76. The van der Waals surface area contributed by atoms with Gasteiger partial charge in [-0.2, -0.15) is 0 Å².